The van der Waals surface area contributed by atoms with Gasteiger partial charge in [0.05, 0.1) is 4.92 Å². The third-order valence-corrected chi connectivity index (χ3v) is 1.74. The molecule has 0 atom stereocenters. The largest absolute Gasteiger partial charge is 0.370 e. The van der Waals surface area contributed by atoms with E-state index < -0.39 is 4.92 Å². The maximum absolute atomic E-state index is 10.0. The molecule has 0 heterocycles. The molecule has 6 heteroatoms. The Balaban J connectivity index is 3.75. The highest BCUT2D eigenvalue weighted by atomic mass is 32.2. The van der Waals surface area contributed by atoms with Crippen molar-refractivity contribution in [3.05, 3.63) is 22.1 Å². The van der Waals surface area contributed by atoms with E-state index in [9.17, 15) is 10.1 Å². The Morgan fingerprint density at radius 1 is 1.75 bits per heavy atom. The molecular weight excluding hydrogens is 178 g/mol. The van der Waals surface area contributed by atoms with Crippen molar-refractivity contribution < 1.29 is 4.92 Å². The minimum absolute atomic E-state index is 0.439. The van der Waals surface area contributed by atoms with Gasteiger partial charge in [-0.05, 0) is 6.26 Å². The molecule has 2 N–H and O–H groups in total. The maximum Gasteiger partial charge on any atom is 0.274 e. The standard InChI is InChI=1S/C6H13N3O2S/c1-7-6(5-9(10)11)8-3-4-12-2/h5,7-8H,3-4H2,1-2H3/b6-5+. The van der Waals surface area contributed by atoms with Gasteiger partial charge in [0.15, 0.2) is 5.82 Å². The normalized spacial score (nSPS) is 11.0. The van der Waals surface area contributed by atoms with Crippen molar-refractivity contribution in [2.24, 2.45) is 0 Å². The zero-order valence-corrected chi connectivity index (χ0v) is 7.98. The molecule has 0 aromatic heterocycles. The van der Waals surface area contributed by atoms with Gasteiger partial charge in [-0.15, -0.1) is 0 Å². The van der Waals surface area contributed by atoms with Crippen LogP contribution in [-0.4, -0.2) is 30.5 Å². The fraction of sp³-hybridized carbons (Fsp3) is 0.667. The van der Waals surface area contributed by atoms with Gasteiger partial charge in [-0.25, -0.2) is 0 Å². The lowest BCUT2D eigenvalue weighted by molar-refractivity contribution is -0.404. The minimum Gasteiger partial charge on any atom is -0.370 e. The summed E-state index contributed by atoms with van der Waals surface area (Å²) in [6.45, 7) is 0.724. The number of rotatable bonds is 6. The molecule has 0 amide bonds. The average molecular weight is 191 g/mol. The molecule has 0 aliphatic rings. The number of nitro groups is 1. The summed E-state index contributed by atoms with van der Waals surface area (Å²) in [6.07, 6.45) is 2.90. The van der Waals surface area contributed by atoms with Gasteiger partial charge in [-0.3, -0.25) is 10.1 Å². The Morgan fingerprint density at radius 3 is 2.83 bits per heavy atom. The van der Waals surface area contributed by atoms with E-state index in [1.54, 1.807) is 18.8 Å². The van der Waals surface area contributed by atoms with Crippen molar-refractivity contribution in [1.82, 2.24) is 10.6 Å². The summed E-state index contributed by atoms with van der Waals surface area (Å²) in [7, 11) is 1.64. The van der Waals surface area contributed by atoms with Crippen molar-refractivity contribution in [1.29, 1.82) is 0 Å². The predicted octanol–water partition coefficient (Wildman–Crippen LogP) is 0.234. The maximum atomic E-state index is 10.0. The van der Waals surface area contributed by atoms with Gasteiger partial charge < -0.3 is 10.6 Å². The fourth-order valence-corrected chi connectivity index (χ4v) is 0.898. The van der Waals surface area contributed by atoms with Crippen LogP contribution in [0.25, 0.3) is 0 Å². The lowest BCUT2D eigenvalue weighted by atomic mass is 10.6. The highest BCUT2D eigenvalue weighted by Crippen LogP contribution is 1.89. The molecule has 0 spiro atoms. The Kier molecular flexibility index (Phi) is 6.26. The smallest absolute Gasteiger partial charge is 0.274 e. The average Bonchev–Trinajstić information content (AvgIpc) is 2.02. The summed E-state index contributed by atoms with van der Waals surface area (Å²) >= 11 is 1.69. The molecule has 0 rings (SSSR count). The van der Waals surface area contributed by atoms with Gasteiger partial charge in [0, 0.05) is 19.3 Å². The van der Waals surface area contributed by atoms with E-state index in [1.807, 2.05) is 6.26 Å². The van der Waals surface area contributed by atoms with Crippen molar-refractivity contribution in [3.63, 3.8) is 0 Å². The number of hydrogen-bond donors (Lipinski definition) is 2. The Bertz CT molecular complexity index is 172. The molecule has 0 radical (unpaired) electrons. The van der Waals surface area contributed by atoms with Crippen molar-refractivity contribution in [3.8, 4) is 0 Å². The van der Waals surface area contributed by atoms with E-state index in [0.717, 1.165) is 18.5 Å². The van der Waals surface area contributed by atoms with Crippen LogP contribution in [0, 0.1) is 10.1 Å². The lowest BCUT2D eigenvalue weighted by Crippen LogP contribution is -2.26. The summed E-state index contributed by atoms with van der Waals surface area (Å²) in [6, 6.07) is 0. The molecular formula is C6H13N3O2S. The Labute approximate surface area is 75.8 Å². The topological polar surface area (TPSA) is 67.2 Å². The van der Waals surface area contributed by atoms with Gasteiger partial charge in [0.25, 0.3) is 6.20 Å². The Hall–Kier alpha value is -0.910. The third kappa shape index (κ3) is 5.84. The van der Waals surface area contributed by atoms with Crippen molar-refractivity contribution >= 4 is 11.8 Å². The van der Waals surface area contributed by atoms with E-state index in [4.69, 9.17) is 0 Å². The minimum atomic E-state index is -0.488. The summed E-state index contributed by atoms with van der Waals surface area (Å²) in [5, 5.41) is 15.6. The van der Waals surface area contributed by atoms with Gasteiger partial charge >= 0.3 is 0 Å². The molecule has 0 saturated heterocycles. The molecule has 0 aromatic carbocycles. The first-order valence-electron chi connectivity index (χ1n) is 3.46. The number of nitrogens with one attached hydrogen (secondary N) is 2. The molecule has 0 aliphatic heterocycles. The molecule has 0 fully saturated rings. The molecule has 70 valence electrons. The van der Waals surface area contributed by atoms with Gasteiger partial charge in [-0.1, -0.05) is 0 Å². The van der Waals surface area contributed by atoms with Crippen LogP contribution in [0.4, 0.5) is 0 Å². The summed E-state index contributed by atoms with van der Waals surface area (Å²) in [5.41, 5.74) is 0. The van der Waals surface area contributed by atoms with Gasteiger partial charge in [0.2, 0.25) is 0 Å². The lowest BCUT2D eigenvalue weighted by Gasteiger charge is -2.05. The fourth-order valence-electron chi connectivity index (χ4n) is 0.592. The zero-order chi connectivity index (χ0) is 9.40. The van der Waals surface area contributed by atoms with Crippen LogP contribution in [0.15, 0.2) is 12.0 Å². The summed E-state index contributed by atoms with van der Waals surface area (Å²) in [4.78, 5) is 9.56. The number of hydrogen-bond acceptors (Lipinski definition) is 5. The second-order valence-electron chi connectivity index (χ2n) is 2.00. The first-order chi connectivity index (χ1) is 5.70. The van der Waals surface area contributed by atoms with Gasteiger partial charge in [-0.2, -0.15) is 11.8 Å². The van der Waals surface area contributed by atoms with Crippen LogP contribution < -0.4 is 10.6 Å². The van der Waals surface area contributed by atoms with Crippen molar-refractivity contribution in [2.45, 2.75) is 0 Å². The van der Waals surface area contributed by atoms with Gasteiger partial charge in [0.1, 0.15) is 0 Å². The molecule has 0 saturated carbocycles. The summed E-state index contributed by atoms with van der Waals surface area (Å²) in [5.74, 6) is 1.37. The Morgan fingerprint density at radius 2 is 2.42 bits per heavy atom. The first kappa shape index (κ1) is 11.1. The third-order valence-electron chi connectivity index (χ3n) is 1.13. The second kappa shape index (κ2) is 6.78. The second-order valence-corrected chi connectivity index (χ2v) is 2.98. The molecule has 5 nitrogen and oxygen atoms in total. The van der Waals surface area contributed by atoms with E-state index in [-0.39, 0.29) is 0 Å². The van der Waals surface area contributed by atoms with Crippen LogP contribution >= 0.6 is 11.8 Å². The monoisotopic (exact) mass is 191 g/mol. The highest BCUT2D eigenvalue weighted by molar-refractivity contribution is 7.98. The number of nitrogens with zero attached hydrogens (tertiary/aromatic N) is 1. The SMILES string of the molecule is CN/C(=C\[N+](=O)[O-])NCCSC. The van der Waals surface area contributed by atoms with Crippen molar-refractivity contribution in [2.75, 3.05) is 25.6 Å². The zero-order valence-electron chi connectivity index (χ0n) is 7.16. The molecule has 0 aliphatic carbocycles. The quantitative estimate of drug-likeness (QED) is 0.357. The molecule has 0 unspecified atom stereocenters. The molecule has 0 aromatic rings. The predicted molar refractivity (Wildman–Crippen MR) is 50.5 cm³/mol. The van der Waals surface area contributed by atoms with Crippen LogP contribution in [0.3, 0.4) is 0 Å². The summed E-state index contributed by atoms with van der Waals surface area (Å²) < 4.78 is 0. The highest BCUT2D eigenvalue weighted by Gasteiger charge is 1.97. The van der Waals surface area contributed by atoms with E-state index in [2.05, 4.69) is 10.6 Å². The molecule has 0 bridgehead atoms. The van der Waals surface area contributed by atoms with E-state index in [0.29, 0.717) is 5.82 Å². The van der Waals surface area contributed by atoms with Crippen LogP contribution in [0.2, 0.25) is 0 Å². The van der Waals surface area contributed by atoms with Crippen LogP contribution in [0.1, 0.15) is 0 Å². The van der Waals surface area contributed by atoms with E-state index in [1.165, 1.54) is 0 Å². The number of thioether (sulfide) groups is 1. The van der Waals surface area contributed by atoms with Crippen LogP contribution in [-0.2, 0) is 0 Å². The van der Waals surface area contributed by atoms with Crippen LogP contribution in [0.5, 0.6) is 0 Å². The van der Waals surface area contributed by atoms with E-state index >= 15 is 0 Å². The molecule has 12 heavy (non-hydrogen) atoms. The first-order valence-corrected chi connectivity index (χ1v) is 4.86.